The van der Waals surface area contributed by atoms with Gasteiger partial charge in [-0.1, -0.05) is 0 Å². The zero-order valence-corrected chi connectivity index (χ0v) is 10.3. The van der Waals surface area contributed by atoms with Crippen molar-refractivity contribution in [3.63, 3.8) is 0 Å². The van der Waals surface area contributed by atoms with Crippen LogP contribution in [0.4, 0.5) is 46.5 Å². The van der Waals surface area contributed by atoms with Crippen molar-refractivity contribution in [1.82, 2.24) is 0 Å². The smallest absolute Gasteiger partial charge is 0.199 e. The molecule has 2 rings (SSSR count). The first-order chi connectivity index (χ1) is 10.1. The number of rotatable bonds is 0. The number of hydrogen-bond donors (Lipinski definition) is 2. The second kappa shape index (κ2) is 6.50. The van der Waals surface area contributed by atoms with E-state index < -0.39 is 57.9 Å². The Bertz CT molecular complexity index is 603. The Kier molecular flexibility index (Phi) is 5.18. The fourth-order valence-corrected chi connectivity index (χ4v) is 1.17. The molecule has 0 aliphatic heterocycles. The third-order valence-corrected chi connectivity index (χ3v) is 2.28. The molecular weight excluding hydrogens is 324 g/mol. The molecule has 0 aliphatic rings. The zero-order chi connectivity index (χ0) is 17.2. The predicted octanol–water partition coefficient (Wildman–Crippen LogP) is 3.65. The first-order valence-corrected chi connectivity index (χ1v) is 5.24. The molecule has 0 bridgehead atoms. The standard InChI is InChI=1S/2C6H3F4N/c7-2-1-3(8)6(11)5(10)4(2)9;7-2-1-3(11)5(9)6(10)4(2)8/h2*1H,11H2. The summed E-state index contributed by atoms with van der Waals surface area (Å²) in [5.41, 5.74) is 7.70. The van der Waals surface area contributed by atoms with Gasteiger partial charge in [-0.2, -0.15) is 0 Å². The number of nitrogen functional groups attached to an aromatic ring is 2. The highest BCUT2D eigenvalue weighted by atomic mass is 19.2. The lowest BCUT2D eigenvalue weighted by atomic mass is 10.3. The van der Waals surface area contributed by atoms with Gasteiger partial charge in [0.2, 0.25) is 0 Å². The van der Waals surface area contributed by atoms with E-state index in [0.29, 0.717) is 6.07 Å². The van der Waals surface area contributed by atoms with E-state index in [-0.39, 0.29) is 6.07 Å². The minimum Gasteiger partial charge on any atom is -0.396 e. The summed E-state index contributed by atoms with van der Waals surface area (Å²) in [6.07, 6.45) is 0. The number of hydrogen-bond acceptors (Lipinski definition) is 2. The highest BCUT2D eigenvalue weighted by molar-refractivity contribution is 5.41. The average Bonchev–Trinajstić information content (AvgIpc) is 2.47. The number of halogens is 8. The number of nitrogens with two attached hydrogens (primary N) is 2. The van der Waals surface area contributed by atoms with E-state index in [0.717, 1.165) is 0 Å². The second-order valence-corrected chi connectivity index (χ2v) is 3.77. The largest absolute Gasteiger partial charge is 0.396 e. The van der Waals surface area contributed by atoms with Gasteiger partial charge in [0.05, 0.1) is 5.69 Å². The molecule has 2 aromatic rings. The van der Waals surface area contributed by atoms with Gasteiger partial charge in [-0.05, 0) is 0 Å². The van der Waals surface area contributed by atoms with E-state index in [1.165, 1.54) is 0 Å². The van der Waals surface area contributed by atoms with Crippen molar-refractivity contribution >= 4 is 11.4 Å². The third-order valence-electron chi connectivity index (χ3n) is 2.28. The molecule has 0 aliphatic carbocycles. The molecule has 0 fully saturated rings. The van der Waals surface area contributed by atoms with Crippen LogP contribution < -0.4 is 11.5 Å². The van der Waals surface area contributed by atoms with E-state index in [9.17, 15) is 35.1 Å². The molecule has 0 saturated carbocycles. The van der Waals surface area contributed by atoms with Crippen LogP contribution in [0.3, 0.4) is 0 Å². The first-order valence-electron chi connectivity index (χ1n) is 5.24. The maximum absolute atomic E-state index is 12.3. The summed E-state index contributed by atoms with van der Waals surface area (Å²) >= 11 is 0. The van der Waals surface area contributed by atoms with Gasteiger partial charge < -0.3 is 11.5 Å². The topological polar surface area (TPSA) is 52.0 Å². The van der Waals surface area contributed by atoms with Crippen molar-refractivity contribution in [2.75, 3.05) is 11.5 Å². The molecule has 0 radical (unpaired) electrons. The zero-order valence-electron chi connectivity index (χ0n) is 10.3. The van der Waals surface area contributed by atoms with E-state index in [1.807, 2.05) is 0 Å². The van der Waals surface area contributed by atoms with Gasteiger partial charge in [-0.3, -0.25) is 0 Å². The molecule has 10 heteroatoms. The van der Waals surface area contributed by atoms with Crippen LogP contribution in [0.2, 0.25) is 0 Å². The van der Waals surface area contributed by atoms with Gasteiger partial charge >= 0.3 is 0 Å². The Hall–Kier alpha value is -2.52. The molecule has 0 atom stereocenters. The van der Waals surface area contributed by atoms with Crippen LogP contribution in [0, 0.1) is 46.5 Å². The number of anilines is 2. The van der Waals surface area contributed by atoms with Gasteiger partial charge in [0.15, 0.2) is 46.5 Å². The Labute approximate surface area is 117 Å². The molecule has 0 amide bonds. The third kappa shape index (κ3) is 3.38. The lowest BCUT2D eigenvalue weighted by molar-refractivity contribution is 0.411. The fraction of sp³-hybridized carbons (Fsp3) is 0. The van der Waals surface area contributed by atoms with Crippen molar-refractivity contribution in [3.8, 4) is 0 Å². The van der Waals surface area contributed by atoms with Crippen molar-refractivity contribution in [2.45, 2.75) is 0 Å². The Morgan fingerprint density at radius 2 is 0.955 bits per heavy atom. The predicted molar refractivity (Wildman–Crippen MR) is 61.4 cm³/mol. The summed E-state index contributed by atoms with van der Waals surface area (Å²) in [4.78, 5) is 0. The molecule has 4 N–H and O–H groups in total. The summed E-state index contributed by atoms with van der Waals surface area (Å²) < 4.78 is 97.5. The lowest BCUT2D eigenvalue weighted by Gasteiger charge is -1.99. The first kappa shape index (κ1) is 17.5. The minimum atomic E-state index is -1.89. The number of benzene rings is 2. The monoisotopic (exact) mass is 330 g/mol. The van der Waals surface area contributed by atoms with Crippen LogP contribution >= 0.6 is 0 Å². The molecule has 0 unspecified atom stereocenters. The lowest BCUT2D eigenvalue weighted by Crippen LogP contribution is -2.01. The van der Waals surface area contributed by atoms with Crippen LogP contribution in [0.1, 0.15) is 0 Å². The normalized spacial score (nSPS) is 10.2. The molecule has 0 aromatic heterocycles. The van der Waals surface area contributed by atoms with Crippen molar-refractivity contribution in [3.05, 3.63) is 58.7 Å². The molecular formula is C12H6F8N2. The van der Waals surface area contributed by atoms with E-state index >= 15 is 0 Å². The van der Waals surface area contributed by atoms with E-state index in [2.05, 4.69) is 0 Å². The maximum atomic E-state index is 12.3. The van der Waals surface area contributed by atoms with Gasteiger partial charge in [-0.15, -0.1) is 0 Å². The van der Waals surface area contributed by atoms with E-state index in [1.54, 1.807) is 0 Å². The van der Waals surface area contributed by atoms with Gasteiger partial charge in [0.1, 0.15) is 5.69 Å². The van der Waals surface area contributed by atoms with Gasteiger partial charge in [0.25, 0.3) is 0 Å². The summed E-state index contributed by atoms with van der Waals surface area (Å²) in [7, 11) is 0. The van der Waals surface area contributed by atoms with E-state index in [4.69, 9.17) is 11.5 Å². The van der Waals surface area contributed by atoms with Crippen LogP contribution in [0.25, 0.3) is 0 Å². The van der Waals surface area contributed by atoms with Crippen LogP contribution in [0.15, 0.2) is 12.1 Å². The van der Waals surface area contributed by atoms with Crippen LogP contribution in [-0.2, 0) is 0 Å². The molecule has 0 spiro atoms. The molecule has 0 saturated heterocycles. The summed E-state index contributed by atoms with van der Waals surface area (Å²) in [6, 6.07) is 0.571. The molecule has 2 aromatic carbocycles. The minimum absolute atomic E-state index is 0.188. The van der Waals surface area contributed by atoms with Crippen molar-refractivity contribution in [1.29, 1.82) is 0 Å². The summed E-state index contributed by atoms with van der Waals surface area (Å²) in [5, 5.41) is 0. The van der Waals surface area contributed by atoms with Gasteiger partial charge in [0, 0.05) is 12.1 Å². The Morgan fingerprint density at radius 1 is 0.500 bits per heavy atom. The quantitative estimate of drug-likeness (QED) is 0.335. The van der Waals surface area contributed by atoms with Gasteiger partial charge in [-0.25, -0.2) is 35.1 Å². The molecule has 2 nitrogen and oxygen atoms in total. The average molecular weight is 330 g/mol. The molecule has 120 valence electrons. The summed E-state index contributed by atoms with van der Waals surface area (Å²) in [6.45, 7) is 0. The Balaban J connectivity index is 0.000000220. The molecule has 22 heavy (non-hydrogen) atoms. The Morgan fingerprint density at radius 3 is 1.50 bits per heavy atom. The highest BCUT2D eigenvalue weighted by Gasteiger charge is 2.17. The van der Waals surface area contributed by atoms with Crippen LogP contribution in [-0.4, -0.2) is 0 Å². The maximum Gasteiger partial charge on any atom is 0.199 e. The highest BCUT2D eigenvalue weighted by Crippen LogP contribution is 2.20. The van der Waals surface area contributed by atoms with Crippen molar-refractivity contribution in [2.24, 2.45) is 0 Å². The fourth-order valence-electron chi connectivity index (χ4n) is 1.17. The summed E-state index contributed by atoms with van der Waals surface area (Å²) in [5.74, 6) is -13.1. The van der Waals surface area contributed by atoms with Crippen molar-refractivity contribution < 1.29 is 35.1 Å². The van der Waals surface area contributed by atoms with Crippen LogP contribution in [0.5, 0.6) is 0 Å². The SMILES string of the molecule is Nc1c(F)cc(F)c(F)c1F.Nc1cc(F)c(F)c(F)c1F. The second-order valence-electron chi connectivity index (χ2n) is 3.77. The molecule has 0 heterocycles.